The van der Waals surface area contributed by atoms with E-state index in [9.17, 15) is 9.59 Å². The Morgan fingerprint density at radius 1 is 1.11 bits per heavy atom. The summed E-state index contributed by atoms with van der Waals surface area (Å²) in [5.74, 6) is -0.0454. The second kappa shape index (κ2) is 7.64. The van der Waals surface area contributed by atoms with E-state index in [1.807, 2.05) is 45.9 Å². The van der Waals surface area contributed by atoms with Crippen LogP contribution < -0.4 is 0 Å². The highest BCUT2D eigenvalue weighted by atomic mass is 32.1. The minimum absolute atomic E-state index is 0.0454. The van der Waals surface area contributed by atoms with Crippen LogP contribution in [-0.4, -0.2) is 63.5 Å². The van der Waals surface area contributed by atoms with E-state index in [4.69, 9.17) is 4.74 Å². The normalized spacial score (nSPS) is 15.0. The molecule has 144 valence electrons. The number of thiazole rings is 1. The first-order valence-electron chi connectivity index (χ1n) is 8.90. The Labute approximate surface area is 163 Å². The summed E-state index contributed by atoms with van der Waals surface area (Å²) in [6.07, 6.45) is 1.38. The molecule has 1 aliphatic heterocycles. The van der Waals surface area contributed by atoms with Crippen molar-refractivity contribution < 1.29 is 14.3 Å². The minimum Gasteiger partial charge on any atom is -0.444 e. The number of amides is 2. The molecule has 0 spiro atoms. The molecule has 27 heavy (non-hydrogen) atoms. The molecule has 0 atom stereocenters. The number of nitrogens with zero attached hydrogens (tertiary/aromatic N) is 4. The predicted molar refractivity (Wildman–Crippen MR) is 104 cm³/mol. The quantitative estimate of drug-likeness (QED) is 0.790. The largest absolute Gasteiger partial charge is 0.444 e. The van der Waals surface area contributed by atoms with Crippen molar-refractivity contribution in [3.8, 4) is 10.7 Å². The van der Waals surface area contributed by atoms with Gasteiger partial charge < -0.3 is 14.5 Å². The summed E-state index contributed by atoms with van der Waals surface area (Å²) in [5, 5.41) is 0.740. The maximum atomic E-state index is 12.9. The summed E-state index contributed by atoms with van der Waals surface area (Å²) in [4.78, 5) is 37.9. The van der Waals surface area contributed by atoms with Gasteiger partial charge >= 0.3 is 6.09 Å². The van der Waals surface area contributed by atoms with Gasteiger partial charge in [0.05, 0.1) is 11.4 Å². The van der Waals surface area contributed by atoms with Crippen LogP contribution in [0.1, 0.15) is 36.1 Å². The Morgan fingerprint density at radius 2 is 1.78 bits per heavy atom. The van der Waals surface area contributed by atoms with E-state index in [1.54, 1.807) is 16.0 Å². The number of carbonyl (C=O) groups excluding carboxylic acids is 2. The molecule has 1 fully saturated rings. The Morgan fingerprint density at radius 3 is 2.37 bits per heavy atom. The van der Waals surface area contributed by atoms with Crippen molar-refractivity contribution >= 4 is 23.3 Å². The molecule has 2 aromatic rings. The van der Waals surface area contributed by atoms with E-state index in [1.165, 1.54) is 11.3 Å². The minimum atomic E-state index is -0.522. The van der Waals surface area contributed by atoms with Crippen molar-refractivity contribution in [3.05, 3.63) is 35.0 Å². The summed E-state index contributed by atoms with van der Waals surface area (Å²) in [6.45, 7) is 9.26. The fourth-order valence-corrected chi connectivity index (χ4v) is 3.77. The number of hydrogen-bond acceptors (Lipinski definition) is 6. The fourth-order valence-electron chi connectivity index (χ4n) is 2.76. The van der Waals surface area contributed by atoms with Gasteiger partial charge in [0.25, 0.3) is 5.91 Å². The molecule has 7 nitrogen and oxygen atoms in total. The Kier molecular flexibility index (Phi) is 5.46. The number of ether oxygens (including phenoxy) is 1. The van der Waals surface area contributed by atoms with Crippen molar-refractivity contribution in [3.63, 3.8) is 0 Å². The van der Waals surface area contributed by atoms with Crippen LogP contribution in [0.5, 0.6) is 0 Å². The number of piperazine rings is 1. The van der Waals surface area contributed by atoms with Crippen LogP contribution in [0, 0.1) is 6.92 Å². The molecule has 0 unspecified atom stereocenters. The van der Waals surface area contributed by atoms with E-state index in [-0.39, 0.29) is 12.0 Å². The third-order valence-corrected chi connectivity index (χ3v) is 5.26. The van der Waals surface area contributed by atoms with E-state index >= 15 is 0 Å². The number of aromatic nitrogens is 2. The van der Waals surface area contributed by atoms with Crippen LogP contribution >= 0.6 is 11.3 Å². The maximum Gasteiger partial charge on any atom is 0.410 e. The lowest BCUT2D eigenvalue weighted by Crippen LogP contribution is -2.51. The van der Waals surface area contributed by atoms with E-state index < -0.39 is 5.60 Å². The maximum absolute atomic E-state index is 12.9. The molecular weight excluding hydrogens is 364 g/mol. The van der Waals surface area contributed by atoms with E-state index in [2.05, 4.69) is 9.97 Å². The zero-order valence-corrected chi connectivity index (χ0v) is 16.9. The lowest BCUT2D eigenvalue weighted by atomic mass is 10.2. The molecule has 0 N–H and O–H groups in total. The number of carbonyl (C=O) groups is 2. The van der Waals surface area contributed by atoms with Crippen molar-refractivity contribution in [1.82, 2.24) is 19.8 Å². The van der Waals surface area contributed by atoms with Gasteiger partial charge in [-0.1, -0.05) is 6.07 Å². The highest BCUT2D eigenvalue weighted by Gasteiger charge is 2.29. The van der Waals surface area contributed by atoms with Gasteiger partial charge in [-0.15, -0.1) is 11.3 Å². The van der Waals surface area contributed by atoms with E-state index in [0.717, 1.165) is 10.7 Å². The molecule has 1 aliphatic rings. The first-order valence-corrected chi connectivity index (χ1v) is 9.72. The smallest absolute Gasteiger partial charge is 0.410 e. The Balaban J connectivity index is 1.65. The zero-order valence-electron chi connectivity index (χ0n) is 16.1. The molecule has 0 radical (unpaired) electrons. The number of pyridine rings is 1. The molecule has 2 aromatic heterocycles. The SMILES string of the molecule is Cc1nc(-c2ccccn2)sc1C(=O)N1CCN(C(=O)OC(C)(C)C)CC1. The molecule has 3 heterocycles. The lowest BCUT2D eigenvalue weighted by molar-refractivity contribution is 0.0141. The summed E-state index contributed by atoms with van der Waals surface area (Å²) in [7, 11) is 0. The number of rotatable bonds is 2. The third-order valence-electron chi connectivity index (χ3n) is 4.09. The van der Waals surface area contributed by atoms with E-state index in [0.29, 0.717) is 36.8 Å². The second-order valence-corrected chi connectivity index (χ2v) is 8.41. The standard InChI is InChI=1S/C19H24N4O3S/c1-13-15(27-16(21-13)14-7-5-6-8-20-14)17(24)22-9-11-23(12-10-22)18(25)26-19(2,3)4/h5-8H,9-12H2,1-4H3. The molecule has 0 bridgehead atoms. The highest BCUT2D eigenvalue weighted by molar-refractivity contribution is 7.17. The van der Waals surface area contributed by atoms with Gasteiger partial charge in [0.2, 0.25) is 0 Å². The molecule has 0 aromatic carbocycles. The van der Waals surface area contributed by atoms with Gasteiger partial charge in [0.15, 0.2) is 0 Å². The van der Waals surface area contributed by atoms with Gasteiger partial charge in [0, 0.05) is 32.4 Å². The molecule has 2 amide bonds. The predicted octanol–water partition coefficient (Wildman–Crippen LogP) is 3.21. The zero-order chi connectivity index (χ0) is 19.6. The second-order valence-electron chi connectivity index (χ2n) is 7.41. The lowest BCUT2D eigenvalue weighted by Gasteiger charge is -2.35. The first-order chi connectivity index (χ1) is 12.7. The van der Waals surface area contributed by atoms with Crippen LogP contribution in [0.2, 0.25) is 0 Å². The first kappa shape index (κ1) is 19.3. The van der Waals surface area contributed by atoms with Crippen LogP contribution in [-0.2, 0) is 4.74 Å². The monoisotopic (exact) mass is 388 g/mol. The molecular formula is C19H24N4O3S. The van der Waals surface area contributed by atoms with Gasteiger partial charge in [-0.3, -0.25) is 9.78 Å². The third kappa shape index (κ3) is 4.63. The Hall–Kier alpha value is -2.48. The van der Waals surface area contributed by atoms with Crippen molar-refractivity contribution in [1.29, 1.82) is 0 Å². The fraction of sp³-hybridized carbons (Fsp3) is 0.474. The van der Waals surface area contributed by atoms with Gasteiger partial charge in [-0.2, -0.15) is 0 Å². The van der Waals surface area contributed by atoms with Gasteiger partial charge in [-0.05, 0) is 39.8 Å². The van der Waals surface area contributed by atoms with Crippen molar-refractivity contribution in [2.24, 2.45) is 0 Å². The Bertz CT molecular complexity index is 821. The molecule has 0 aliphatic carbocycles. The van der Waals surface area contributed by atoms with Crippen LogP contribution in [0.4, 0.5) is 4.79 Å². The summed E-state index contributed by atoms with van der Waals surface area (Å²) >= 11 is 1.36. The molecule has 0 saturated carbocycles. The summed E-state index contributed by atoms with van der Waals surface area (Å²) < 4.78 is 5.40. The van der Waals surface area contributed by atoms with Crippen LogP contribution in [0.15, 0.2) is 24.4 Å². The average Bonchev–Trinajstić information content (AvgIpc) is 3.02. The molecule has 3 rings (SSSR count). The van der Waals surface area contributed by atoms with Gasteiger partial charge in [0.1, 0.15) is 15.5 Å². The van der Waals surface area contributed by atoms with Crippen molar-refractivity contribution in [2.75, 3.05) is 26.2 Å². The summed E-state index contributed by atoms with van der Waals surface area (Å²) in [6, 6.07) is 5.63. The average molecular weight is 388 g/mol. The molecule has 1 saturated heterocycles. The topological polar surface area (TPSA) is 75.6 Å². The number of aryl methyl sites for hydroxylation is 1. The van der Waals surface area contributed by atoms with Crippen LogP contribution in [0.25, 0.3) is 10.7 Å². The van der Waals surface area contributed by atoms with Gasteiger partial charge in [-0.25, -0.2) is 9.78 Å². The van der Waals surface area contributed by atoms with Crippen molar-refractivity contribution in [2.45, 2.75) is 33.3 Å². The van der Waals surface area contributed by atoms with Crippen LogP contribution in [0.3, 0.4) is 0 Å². The molecule has 8 heteroatoms. The summed E-state index contributed by atoms with van der Waals surface area (Å²) in [5.41, 5.74) is 0.950. The number of hydrogen-bond donors (Lipinski definition) is 0. The highest BCUT2D eigenvalue weighted by Crippen LogP contribution is 2.27.